The maximum atomic E-state index is 6.14. The maximum absolute atomic E-state index is 6.14. The van der Waals surface area contributed by atoms with Gasteiger partial charge in [-0.1, -0.05) is 43.1 Å². The number of alkyl halides is 1. The molecule has 2 heteroatoms. The number of hydrogen-bond donors (Lipinski definition) is 0. The average molecular weight is 212 g/mol. The second-order valence-corrected chi connectivity index (χ2v) is 4.09. The van der Waals surface area contributed by atoms with Crippen LogP contribution in [-0.2, 0) is 0 Å². The van der Waals surface area contributed by atoms with Crippen molar-refractivity contribution in [2.45, 2.75) is 32.2 Å². The van der Waals surface area contributed by atoms with E-state index in [2.05, 4.69) is 24.0 Å². The standard InChI is InChI=1S/C12H18ClN/c1-3-4-10-14(11(2)13)12-8-6-5-7-9-12/h5-9,11H,3-4,10H2,1-2H3. The molecule has 0 radical (unpaired) electrons. The Morgan fingerprint density at radius 2 is 1.93 bits per heavy atom. The maximum Gasteiger partial charge on any atom is 0.101 e. The Morgan fingerprint density at radius 3 is 2.43 bits per heavy atom. The van der Waals surface area contributed by atoms with Gasteiger partial charge in [0.25, 0.3) is 0 Å². The topological polar surface area (TPSA) is 3.24 Å². The first-order chi connectivity index (χ1) is 6.75. The van der Waals surface area contributed by atoms with Gasteiger partial charge in [-0.05, 0) is 25.5 Å². The molecule has 0 saturated carbocycles. The van der Waals surface area contributed by atoms with Crippen LogP contribution in [0.2, 0.25) is 0 Å². The lowest BCUT2D eigenvalue weighted by Gasteiger charge is -2.27. The molecular weight excluding hydrogens is 194 g/mol. The zero-order chi connectivity index (χ0) is 10.4. The Bertz CT molecular complexity index is 246. The van der Waals surface area contributed by atoms with Crippen molar-refractivity contribution < 1.29 is 0 Å². The highest BCUT2D eigenvalue weighted by molar-refractivity contribution is 6.21. The Hall–Kier alpha value is -0.690. The number of nitrogens with zero attached hydrogens (tertiary/aromatic N) is 1. The summed E-state index contributed by atoms with van der Waals surface area (Å²) in [5, 5.41) is 0. The van der Waals surface area contributed by atoms with Crippen LogP contribution >= 0.6 is 11.6 Å². The summed E-state index contributed by atoms with van der Waals surface area (Å²) < 4.78 is 0. The summed E-state index contributed by atoms with van der Waals surface area (Å²) >= 11 is 6.14. The lowest BCUT2D eigenvalue weighted by atomic mass is 10.2. The Balaban J connectivity index is 2.68. The quantitative estimate of drug-likeness (QED) is 0.528. The van der Waals surface area contributed by atoms with Crippen LogP contribution in [-0.4, -0.2) is 12.0 Å². The molecule has 0 aromatic heterocycles. The van der Waals surface area contributed by atoms with Crippen molar-refractivity contribution in [2.75, 3.05) is 11.4 Å². The molecule has 0 aliphatic carbocycles. The van der Waals surface area contributed by atoms with E-state index in [-0.39, 0.29) is 5.50 Å². The molecule has 0 N–H and O–H groups in total. The van der Waals surface area contributed by atoms with Gasteiger partial charge in [-0.2, -0.15) is 0 Å². The first-order valence-electron chi connectivity index (χ1n) is 5.21. The lowest BCUT2D eigenvalue weighted by Crippen LogP contribution is -2.29. The first kappa shape index (κ1) is 11.4. The minimum Gasteiger partial charge on any atom is -0.355 e. The smallest absolute Gasteiger partial charge is 0.101 e. The SMILES string of the molecule is CCCCN(c1ccccc1)C(C)Cl. The number of para-hydroxylation sites is 1. The molecule has 1 atom stereocenters. The molecule has 1 aromatic rings. The van der Waals surface area contributed by atoms with Crippen molar-refractivity contribution >= 4 is 17.3 Å². The monoisotopic (exact) mass is 211 g/mol. The predicted octanol–water partition coefficient (Wildman–Crippen LogP) is 3.88. The number of benzene rings is 1. The predicted molar refractivity (Wildman–Crippen MR) is 64.0 cm³/mol. The summed E-state index contributed by atoms with van der Waals surface area (Å²) in [6, 6.07) is 10.3. The molecule has 78 valence electrons. The van der Waals surface area contributed by atoms with E-state index in [1.54, 1.807) is 0 Å². The minimum absolute atomic E-state index is 0.0592. The van der Waals surface area contributed by atoms with Crippen LogP contribution in [0.15, 0.2) is 30.3 Å². The van der Waals surface area contributed by atoms with E-state index in [4.69, 9.17) is 11.6 Å². The van der Waals surface area contributed by atoms with Gasteiger partial charge in [-0.15, -0.1) is 0 Å². The molecular formula is C12H18ClN. The van der Waals surface area contributed by atoms with Crippen molar-refractivity contribution in [3.8, 4) is 0 Å². The first-order valence-corrected chi connectivity index (χ1v) is 5.65. The fourth-order valence-electron chi connectivity index (χ4n) is 1.46. The summed E-state index contributed by atoms with van der Waals surface area (Å²) in [6.07, 6.45) is 2.39. The molecule has 0 amide bonds. The highest BCUT2D eigenvalue weighted by Gasteiger charge is 2.10. The van der Waals surface area contributed by atoms with Gasteiger partial charge < -0.3 is 4.90 Å². The minimum atomic E-state index is 0.0592. The molecule has 1 nitrogen and oxygen atoms in total. The van der Waals surface area contributed by atoms with Gasteiger partial charge in [0.05, 0.1) is 0 Å². The summed E-state index contributed by atoms with van der Waals surface area (Å²) in [5.74, 6) is 0. The number of unbranched alkanes of at least 4 members (excludes halogenated alkanes) is 1. The fraction of sp³-hybridized carbons (Fsp3) is 0.500. The Morgan fingerprint density at radius 1 is 1.29 bits per heavy atom. The summed E-state index contributed by atoms with van der Waals surface area (Å²) in [4.78, 5) is 2.23. The van der Waals surface area contributed by atoms with Crippen LogP contribution in [0.5, 0.6) is 0 Å². The van der Waals surface area contributed by atoms with Crippen molar-refractivity contribution in [3.05, 3.63) is 30.3 Å². The van der Waals surface area contributed by atoms with Gasteiger partial charge in [0.15, 0.2) is 0 Å². The van der Waals surface area contributed by atoms with Gasteiger partial charge in [-0.25, -0.2) is 0 Å². The van der Waals surface area contributed by atoms with Gasteiger partial charge in [0.2, 0.25) is 0 Å². The second-order valence-electron chi connectivity index (χ2n) is 3.46. The third kappa shape index (κ3) is 3.22. The Kier molecular flexibility index (Phi) is 4.81. The summed E-state index contributed by atoms with van der Waals surface area (Å²) in [7, 11) is 0. The number of anilines is 1. The Labute approximate surface area is 91.7 Å². The molecule has 0 aliphatic rings. The van der Waals surface area contributed by atoms with E-state index in [0.29, 0.717) is 0 Å². The molecule has 1 unspecified atom stereocenters. The molecule has 14 heavy (non-hydrogen) atoms. The molecule has 0 bridgehead atoms. The molecule has 0 heterocycles. The van der Waals surface area contributed by atoms with Gasteiger partial charge in [0.1, 0.15) is 5.50 Å². The normalized spacial score (nSPS) is 12.5. The van der Waals surface area contributed by atoms with E-state index in [9.17, 15) is 0 Å². The average Bonchev–Trinajstić information content (AvgIpc) is 2.19. The third-order valence-corrected chi connectivity index (χ3v) is 2.51. The van der Waals surface area contributed by atoms with E-state index in [0.717, 1.165) is 6.54 Å². The highest BCUT2D eigenvalue weighted by Crippen LogP contribution is 2.18. The van der Waals surface area contributed by atoms with E-state index in [1.807, 2.05) is 25.1 Å². The van der Waals surface area contributed by atoms with Crippen molar-refractivity contribution in [2.24, 2.45) is 0 Å². The molecule has 0 spiro atoms. The zero-order valence-electron chi connectivity index (χ0n) is 8.91. The van der Waals surface area contributed by atoms with Crippen LogP contribution < -0.4 is 4.90 Å². The fourth-order valence-corrected chi connectivity index (χ4v) is 1.67. The number of halogens is 1. The van der Waals surface area contributed by atoms with Gasteiger partial charge in [0, 0.05) is 12.2 Å². The zero-order valence-corrected chi connectivity index (χ0v) is 9.67. The summed E-state index contributed by atoms with van der Waals surface area (Å²) in [5.41, 5.74) is 1.27. The molecule has 1 aromatic carbocycles. The lowest BCUT2D eigenvalue weighted by molar-refractivity contribution is 0.708. The van der Waals surface area contributed by atoms with E-state index < -0.39 is 0 Å². The van der Waals surface area contributed by atoms with Crippen LogP contribution in [0.3, 0.4) is 0 Å². The molecule has 0 fully saturated rings. The number of hydrogen-bond acceptors (Lipinski definition) is 1. The summed E-state index contributed by atoms with van der Waals surface area (Å²) in [6.45, 7) is 5.25. The molecule has 0 saturated heterocycles. The van der Waals surface area contributed by atoms with Crippen molar-refractivity contribution in [1.82, 2.24) is 0 Å². The molecule has 1 rings (SSSR count). The van der Waals surface area contributed by atoms with Crippen LogP contribution in [0.4, 0.5) is 5.69 Å². The largest absolute Gasteiger partial charge is 0.355 e. The third-order valence-electron chi connectivity index (χ3n) is 2.27. The van der Waals surface area contributed by atoms with Crippen LogP contribution in [0, 0.1) is 0 Å². The van der Waals surface area contributed by atoms with Crippen molar-refractivity contribution in [1.29, 1.82) is 0 Å². The molecule has 0 aliphatic heterocycles. The highest BCUT2D eigenvalue weighted by atomic mass is 35.5. The van der Waals surface area contributed by atoms with Crippen LogP contribution in [0.1, 0.15) is 26.7 Å². The van der Waals surface area contributed by atoms with E-state index >= 15 is 0 Å². The number of rotatable bonds is 5. The van der Waals surface area contributed by atoms with Crippen LogP contribution in [0.25, 0.3) is 0 Å². The van der Waals surface area contributed by atoms with E-state index in [1.165, 1.54) is 18.5 Å². The van der Waals surface area contributed by atoms with Gasteiger partial charge >= 0.3 is 0 Å². The van der Waals surface area contributed by atoms with Crippen molar-refractivity contribution in [3.63, 3.8) is 0 Å². The van der Waals surface area contributed by atoms with Gasteiger partial charge in [-0.3, -0.25) is 0 Å². The second kappa shape index (κ2) is 5.92.